The number of benzene rings is 1. The van der Waals surface area contributed by atoms with E-state index >= 15 is 4.39 Å². The second-order valence-electron chi connectivity index (χ2n) is 10.2. The number of halogens is 1. The van der Waals surface area contributed by atoms with Crippen LogP contribution in [0.15, 0.2) is 12.1 Å². The van der Waals surface area contributed by atoms with Crippen molar-refractivity contribution in [3.63, 3.8) is 0 Å². The fraction of sp³-hybridized carbons (Fsp3) is 0.480. The van der Waals surface area contributed by atoms with E-state index in [4.69, 9.17) is 4.74 Å². The lowest BCUT2D eigenvalue weighted by molar-refractivity contribution is -0.136. The van der Waals surface area contributed by atoms with Gasteiger partial charge in [0, 0.05) is 30.0 Å². The second kappa shape index (κ2) is 9.27. The van der Waals surface area contributed by atoms with Gasteiger partial charge in [-0.25, -0.2) is 14.2 Å². The van der Waals surface area contributed by atoms with Crippen molar-refractivity contribution in [2.24, 2.45) is 5.41 Å². The summed E-state index contributed by atoms with van der Waals surface area (Å²) in [4.78, 5) is 55.9. The summed E-state index contributed by atoms with van der Waals surface area (Å²) in [5, 5.41) is 5.48. The van der Waals surface area contributed by atoms with Crippen LogP contribution in [0.25, 0.3) is 0 Å². The molecule has 0 spiro atoms. The lowest BCUT2D eigenvalue weighted by Gasteiger charge is -2.29. The van der Waals surface area contributed by atoms with Gasteiger partial charge in [0.1, 0.15) is 23.5 Å². The van der Waals surface area contributed by atoms with E-state index in [0.29, 0.717) is 5.56 Å². The van der Waals surface area contributed by atoms with Crippen LogP contribution >= 0.6 is 11.3 Å². The molecule has 1 aromatic heterocycles. The normalized spacial score (nSPS) is 20.6. The minimum Gasteiger partial charge on any atom is -0.442 e. The molecule has 0 bridgehead atoms. The van der Waals surface area contributed by atoms with E-state index in [1.807, 2.05) is 0 Å². The molecule has 36 heavy (non-hydrogen) atoms. The van der Waals surface area contributed by atoms with Gasteiger partial charge in [0.2, 0.25) is 11.8 Å². The van der Waals surface area contributed by atoms with Crippen molar-refractivity contribution in [3.8, 4) is 0 Å². The molecule has 190 valence electrons. The van der Waals surface area contributed by atoms with Gasteiger partial charge in [-0.2, -0.15) is 0 Å². The average Bonchev–Trinajstić information content (AvgIpc) is 3.37. The lowest BCUT2D eigenvalue weighted by Crippen LogP contribution is -2.52. The molecule has 2 N–H and O–H groups in total. The van der Waals surface area contributed by atoms with Crippen molar-refractivity contribution < 1.29 is 28.3 Å². The second-order valence-corrected chi connectivity index (χ2v) is 11.4. The number of amides is 4. The molecular weight excluding hydrogens is 487 g/mol. The molecule has 5 rings (SSSR count). The summed E-state index contributed by atoms with van der Waals surface area (Å²) in [7, 11) is 0. The highest BCUT2D eigenvalue weighted by Gasteiger charge is 2.40. The molecule has 9 nitrogen and oxygen atoms in total. The number of imide groups is 1. The zero-order valence-electron chi connectivity index (χ0n) is 20.1. The molecular formula is C25H27FN4O5S. The van der Waals surface area contributed by atoms with E-state index in [1.165, 1.54) is 15.8 Å². The molecule has 0 radical (unpaired) electrons. The molecule has 1 fully saturated rings. The molecule has 3 aliphatic rings. The zero-order valence-corrected chi connectivity index (χ0v) is 20.9. The van der Waals surface area contributed by atoms with Crippen molar-refractivity contribution in [3.05, 3.63) is 50.2 Å². The number of hydrogen-bond donors (Lipinski definition) is 2. The Bertz CT molecular complexity index is 1270. The molecule has 1 aliphatic carbocycles. The van der Waals surface area contributed by atoms with Crippen molar-refractivity contribution in [1.82, 2.24) is 20.5 Å². The van der Waals surface area contributed by atoms with Crippen LogP contribution in [0.4, 0.5) is 9.18 Å². The van der Waals surface area contributed by atoms with Gasteiger partial charge in [-0.3, -0.25) is 19.7 Å². The smallest absolute Gasteiger partial charge is 0.407 e. The fourth-order valence-corrected chi connectivity index (χ4v) is 5.96. The molecule has 1 aromatic carbocycles. The summed E-state index contributed by atoms with van der Waals surface area (Å²) in [6, 6.07) is 2.31. The van der Waals surface area contributed by atoms with Gasteiger partial charge in [-0.05, 0) is 36.7 Å². The number of nitrogens with zero attached hydrogens (tertiary/aromatic N) is 2. The Labute approximate surface area is 211 Å². The topological polar surface area (TPSA) is 118 Å². The van der Waals surface area contributed by atoms with Gasteiger partial charge in [0.15, 0.2) is 0 Å². The summed E-state index contributed by atoms with van der Waals surface area (Å²) in [5.74, 6) is -2.27. The molecule has 3 heterocycles. The summed E-state index contributed by atoms with van der Waals surface area (Å²) in [6.45, 7) is 4.40. The number of aryl methyl sites for hydroxylation is 1. The molecule has 2 aromatic rings. The number of hydrogen-bond acceptors (Lipinski definition) is 7. The van der Waals surface area contributed by atoms with E-state index in [-0.39, 0.29) is 55.0 Å². The number of alkyl carbamates (subject to hydrolysis) is 1. The van der Waals surface area contributed by atoms with E-state index in [1.54, 1.807) is 17.4 Å². The Balaban J connectivity index is 1.18. The maximum absolute atomic E-state index is 15.2. The number of carbonyl (C=O) groups is 4. The Hall–Kier alpha value is -3.34. The molecule has 11 heteroatoms. The molecule has 1 atom stereocenters. The number of thiazole rings is 1. The van der Waals surface area contributed by atoms with Crippen LogP contribution in [0.1, 0.15) is 70.2 Å². The van der Waals surface area contributed by atoms with Gasteiger partial charge in [0.25, 0.3) is 5.91 Å². The van der Waals surface area contributed by atoms with Crippen molar-refractivity contribution in [2.75, 3.05) is 0 Å². The number of ether oxygens (including phenoxy) is 1. The van der Waals surface area contributed by atoms with Crippen molar-refractivity contribution >= 4 is 35.2 Å². The van der Waals surface area contributed by atoms with E-state index in [2.05, 4.69) is 29.5 Å². The van der Waals surface area contributed by atoms with Crippen LogP contribution in [0.5, 0.6) is 0 Å². The average molecular weight is 515 g/mol. The molecule has 2 aliphatic heterocycles. The first kappa shape index (κ1) is 24.4. The van der Waals surface area contributed by atoms with Crippen LogP contribution in [-0.4, -0.2) is 39.7 Å². The number of piperidine rings is 1. The van der Waals surface area contributed by atoms with E-state index in [9.17, 15) is 19.2 Å². The predicted octanol–water partition coefficient (Wildman–Crippen LogP) is 2.98. The summed E-state index contributed by atoms with van der Waals surface area (Å²) < 4.78 is 20.5. The number of carbonyl (C=O) groups excluding carboxylic acids is 4. The predicted molar refractivity (Wildman–Crippen MR) is 127 cm³/mol. The van der Waals surface area contributed by atoms with Gasteiger partial charge >= 0.3 is 6.09 Å². The number of fused-ring (bicyclic) bond motifs is 2. The Morgan fingerprint density at radius 1 is 1.31 bits per heavy atom. The standard InChI is InChI=1S/C25H27FN4O5S/c1-25(2)8-7-17-15(9-25)28-19(36-17)12-35-24(34)27-10-13-3-4-14-11-30(23(33)20(14)21(13)26)16-5-6-18(31)29-22(16)32/h3-4,16H,5-12H2,1-2H3,(H,27,34)(H,29,31,32). The first-order chi connectivity index (χ1) is 17.1. The van der Waals surface area contributed by atoms with Crippen molar-refractivity contribution in [1.29, 1.82) is 0 Å². The highest BCUT2D eigenvalue weighted by atomic mass is 32.1. The summed E-state index contributed by atoms with van der Waals surface area (Å²) >= 11 is 1.56. The molecule has 0 saturated carbocycles. The van der Waals surface area contributed by atoms with E-state index in [0.717, 1.165) is 30.0 Å². The third-order valence-electron chi connectivity index (χ3n) is 6.96. The maximum Gasteiger partial charge on any atom is 0.407 e. The molecule has 1 saturated heterocycles. The highest BCUT2D eigenvalue weighted by Crippen LogP contribution is 2.37. The van der Waals surface area contributed by atoms with Gasteiger partial charge in [0.05, 0.1) is 11.3 Å². The molecule has 4 amide bonds. The number of nitrogens with one attached hydrogen (secondary N) is 2. The first-order valence-corrected chi connectivity index (χ1v) is 12.8. The van der Waals surface area contributed by atoms with Crippen LogP contribution < -0.4 is 10.6 Å². The Kier molecular flexibility index (Phi) is 6.27. The monoisotopic (exact) mass is 514 g/mol. The SMILES string of the molecule is CC1(C)CCc2sc(COC(=O)NCc3ccc4c(c3F)C(=O)N(C3CCC(=O)NC3=O)C4)nc2C1. The maximum atomic E-state index is 15.2. The number of aromatic nitrogens is 1. The van der Waals surface area contributed by atoms with E-state index < -0.39 is 29.8 Å². The fourth-order valence-electron chi connectivity index (χ4n) is 4.96. The zero-order chi connectivity index (χ0) is 25.6. The van der Waals surface area contributed by atoms with Gasteiger partial charge in [-0.15, -0.1) is 11.3 Å². The molecule has 1 unspecified atom stereocenters. The van der Waals surface area contributed by atoms with Crippen molar-refractivity contribution in [2.45, 2.75) is 71.7 Å². The van der Waals surface area contributed by atoms with Gasteiger partial charge in [-0.1, -0.05) is 26.0 Å². The third kappa shape index (κ3) is 4.71. The minimum atomic E-state index is -0.818. The third-order valence-corrected chi connectivity index (χ3v) is 8.09. The summed E-state index contributed by atoms with van der Waals surface area (Å²) in [6.07, 6.45) is 2.60. The van der Waals surface area contributed by atoms with Crippen LogP contribution in [0.3, 0.4) is 0 Å². The largest absolute Gasteiger partial charge is 0.442 e. The quantitative estimate of drug-likeness (QED) is 0.593. The van der Waals surface area contributed by atoms with Crippen LogP contribution in [0, 0.1) is 11.2 Å². The minimum absolute atomic E-state index is 0.0377. The number of rotatable bonds is 5. The highest BCUT2D eigenvalue weighted by molar-refractivity contribution is 7.11. The lowest BCUT2D eigenvalue weighted by atomic mass is 9.79. The Morgan fingerprint density at radius 3 is 2.89 bits per heavy atom. The van der Waals surface area contributed by atoms with Crippen LogP contribution in [0.2, 0.25) is 0 Å². The summed E-state index contributed by atoms with van der Waals surface area (Å²) in [5.41, 5.74) is 1.78. The van der Waals surface area contributed by atoms with Crippen LogP contribution in [-0.2, 0) is 46.9 Å². The first-order valence-electron chi connectivity index (χ1n) is 11.9. The Morgan fingerprint density at radius 2 is 2.11 bits per heavy atom. The van der Waals surface area contributed by atoms with Gasteiger partial charge < -0.3 is 15.0 Å².